The molecule has 2 heterocycles. The number of nitrogens with one attached hydrogen (secondary N) is 1. The molecule has 4 rings (SSSR count). The molecule has 0 saturated carbocycles. The lowest BCUT2D eigenvalue weighted by Crippen LogP contribution is -2.48. The number of para-hydroxylation sites is 1. The first kappa shape index (κ1) is 16.9. The summed E-state index contributed by atoms with van der Waals surface area (Å²) in [7, 11) is 0. The zero-order valence-corrected chi connectivity index (χ0v) is 15.0. The second-order valence-corrected chi connectivity index (χ2v) is 7.31. The van der Waals surface area contributed by atoms with Gasteiger partial charge >= 0.3 is 0 Å². The Morgan fingerprint density at radius 1 is 1.12 bits per heavy atom. The van der Waals surface area contributed by atoms with E-state index in [0.717, 1.165) is 30.9 Å². The van der Waals surface area contributed by atoms with Gasteiger partial charge in [0.15, 0.2) is 5.13 Å². The van der Waals surface area contributed by atoms with Crippen molar-refractivity contribution < 1.29 is 9.18 Å². The number of carbonyl (C=O) groups excluding carboxylic acids is 1. The lowest BCUT2D eigenvalue weighted by atomic mass is 10.2. The maximum absolute atomic E-state index is 13.3. The van der Waals surface area contributed by atoms with E-state index in [2.05, 4.69) is 32.2 Å². The van der Waals surface area contributed by atoms with Gasteiger partial charge in [-0.3, -0.25) is 9.69 Å². The quantitative estimate of drug-likeness (QED) is 0.766. The van der Waals surface area contributed by atoms with Crippen LogP contribution in [0, 0.1) is 5.82 Å². The normalized spacial score (nSPS) is 15.3. The smallest absolute Gasteiger partial charge is 0.240 e. The van der Waals surface area contributed by atoms with Crippen molar-refractivity contribution in [2.24, 2.45) is 0 Å². The molecule has 7 heteroatoms. The van der Waals surface area contributed by atoms with Gasteiger partial charge in [0.2, 0.25) is 5.91 Å². The Kier molecular flexibility index (Phi) is 4.81. The molecule has 1 aliphatic heterocycles. The fourth-order valence-electron chi connectivity index (χ4n) is 3.12. The number of benzene rings is 2. The van der Waals surface area contributed by atoms with Crippen LogP contribution in [0.1, 0.15) is 0 Å². The lowest BCUT2D eigenvalue weighted by Gasteiger charge is -2.35. The second-order valence-electron chi connectivity index (χ2n) is 6.28. The number of amides is 1. The van der Waals surface area contributed by atoms with E-state index in [1.807, 2.05) is 18.2 Å². The Hall–Kier alpha value is -2.51. The molecule has 1 N–H and O–H groups in total. The van der Waals surface area contributed by atoms with Crippen LogP contribution in [0.5, 0.6) is 0 Å². The Morgan fingerprint density at radius 3 is 2.65 bits per heavy atom. The van der Waals surface area contributed by atoms with Gasteiger partial charge in [0, 0.05) is 31.9 Å². The minimum atomic E-state index is -0.296. The summed E-state index contributed by atoms with van der Waals surface area (Å²) < 4.78 is 14.0. The van der Waals surface area contributed by atoms with E-state index in [4.69, 9.17) is 0 Å². The molecule has 0 unspecified atom stereocenters. The molecule has 1 aliphatic rings. The van der Waals surface area contributed by atoms with E-state index in [0.29, 0.717) is 17.2 Å². The Bertz CT molecular complexity index is 906. The fraction of sp³-hybridized carbons (Fsp3) is 0.263. The Labute approximate surface area is 155 Å². The van der Waals surface area contributed by atoms with Crippen molar-refractivity contribution in [3.05, 3.63) is 54.3 Å². The van der Waals surface area contributed by atoms with Crippen LogP contribution in [0.15, 0.2) is 48.5 Å². The predicted molar refractivity (Wildman–Crippen MR) is 103 cm³/mol. The number of fused-ring (bicyclic) bond motifs is 1. The molecule has 1 amide bonds. The highest BCUT2D eigenvalue weighted by Crippen LogP contribution is 2.26. The Morgan fingerprint density at radius 2 is 1.88 bits per heavy atom. The zero-order valence-electron chi connectivity index (χ0n) is 14.2. The Balaban J connectivity index is 1.31. The van der Waals surface area contributed by atoms with E-state index in [-0.39, 0.29) is 11.7 Å². The molecule has 1 fully saturated rings. The van der Waals surface area contributed by atoms with E-state index < -0.39 is 0 Å². The summed E-state index contributed by atoms with van der Waals surface area (Å²) in [5, 5.41) is 3.34. The van der Waals surface area contributed by atoms with Crippen LogP contribution in [-0.4, -0.2) is 48.5 Å². The summed E-state index contributed by atoms with van der Waals surface area (Å²) >= 11 is 1.29. The average molecular weight is 370 g/mol. The van der Waals surface area contributed by atoms with Crippen molar-refractivity contribution in [3.8, 4) is 0 Å². The molecule has 1 saturated heterocycles. The number of hydrogen-bond acceptors (Lipinski definition) is 5. The topological polar surface area (TPSA) is 48.5 Å². The number of aromatic nitrogens is 1. The van der Waals surface area contributed by atoms with Gasteiger partial charge in [-0.2, -0.15) is 0 Å². The first-order chi connectivity index (χ1) is 12.7. The van der Waals surface area contributed by atoms with Crippen LogP contribution < -0.4 is 10.2 Å². The minimum absolute atomic E-state index is 0.0855. The number of carbonyl (C=O) groups is 1. The number of anilines is 2. The molecule has 5 nitrogen and oxygen atoms in total. The standard InChI is InChI=1S/C19H19FN4OS/c20-14-6-7-16-17(12-14)26-19(21-16)22-18(25)13-23-8-10-24(11-9-23)15-4-2-1-3-5-15/h1-7,12H,8-11,13H2,(H,21,22,25). The molecular weight excluding hydrogens is 351 g/mol. The molecular formula is C19H19FN4OS. The molecule has 3 aromatic rings. The fourth-order valence-corrected chi connectivity index (χ4v) is 4.02. The number of hydrogen-bond donors (Lipinski definition) is 1. The highest BCUT2D eigenvalue weighted by atomic mass is 32.1. The SMILES string of the molecule is O=C(CN1CCN(c2ccccc2)CC1)Nc1nc2ccc(F)cc2s1. The summed E-state index contributed by atoms with van der Waals surface area (Å²) in [4.78, 5) is 21.1. The number of piperazine rings is 1. The van der Waals surface area contributed by atoms with Crippen LogP contribution in [-0.2, 0) is 4.79 Å². The van der Waals surface area contributed by atoms with Crippen molar-refractivity contribution in [1.82, 2.24) is 9.88 Å². The third-order valence-electron chi connectivity index (χ3n) is 4.46. The van der Waals surface area contributed by atoms with Crippen molar-refractivity contribution >= 4 is 38.3 Å². The van der Waals surface area contributed by atoms with E-state index in [1.165, 1.54) is 29.2 Å². The molecule has 0 atom stereocenters. The minimum Gasteiger partial charge on any atom is -0.369 e. The first-order valence-electron chi connectivity index (χ1n) is 8.56. The van der Waals surface area contributed by atoms with Gasteiger partial charge < -0.3 is 10.2 Å². The number of rotatable bonds is 4. The van der Waals surface area contributed by atoms with Crippen LogP contribution >= 0.6 is 11.3 Å². The molecule has 0 spiro atoms. The summed E-state index contributed by atoms with van der Waals surface area (Å²) in [6.07, 6.45) is 0. The molecule has 2 aromatic carbocycles. The summed E-state index contributed by atoms with van der Waals surface area (Å²) in [5.41, 5.74) is 1.92. The summed E-state index contributed by atoms with van der Waals surface area (Å²) in [5.74, 6) is -0.381. The highest BCUT2D eigenvalue weighted by Gasteiger charge is 2.19. The third kappa shape index (κ3) is 3.84. The molecule has 1 aromatic heterocycles. The summed E-state index contributed by atoms with van der Waals surface area (Å²) in [6.45, 7) is 3.82. The van der Waals surface area contributed by atoms with Gasteiger partial charge in [0.1, 0.15) is 5.82 Å². The second kappa shape index (κ2) is 7.39. The average Bonchev–Trinajstić information content (AvgIpc) is 3.04. The highest BCUT2D eigenvalue weighted by molar-refractivity contribution is 7.22. The molecule has 26 heavy (non-hydrogen) atoms. The van der Waals surface area contributed by atoms with Crippen LogP contribution in [0.4, 0.5) is 15.2 Å². The maximum atomic E-state index is 13.3. The number of thiazole rings is 1. The van der Waals surface area contributed by atoms with Gasteiger partial charge in [-0.1, -0.05) is 29.5 Å². The monoisotopic (exact) mass is 370 g/mol. The summed E-state index contributed by atoms with van der Waals surface area (Å²) in [6, 6.07) is 14.8. The van der Waals surface area contributed by atoms with E-state index in [1.54, 1.807) is 6.07 Å². The van der Waals surface area contributed by atoms with Crippen molar-refractivity contribution in [2.45, 2.75) is 0 Å². The van der Waals surface area contributed by atoms with Crippen LogP contribution in [0.3, 0.4) is 0 Å². The van der Waals surface area contributed by atoms with E-state index in [9.17, 15) is 9.18 Å². The number of nitrogens with zero attached hydrogens (tertiary/aromatic N) is 3. The first-order valence-corrected chi connectivity index (χ1v) is 9.37. The third-order valence-corrected chi connectivity index (χ3v) is 5.39. The van der Waals surface area contributed by atoms with Crippen LogP contribution in [0.2, 0.25) is 0 Å². The molecule has 134 valence electrons. The van der Waals surface area contributed by atoms with Crippen molar-refractivity contribution in [3.63, 3.8) is 0 Å². The van der Waals surface area contributed by atoms with Gasteiger partial charge in [-0.15, -0.1) is 0 Å². The van der Waals surface area contributed by atoms with Crippen molar-refractivity contribution in [2.75, 3.05) is 42.9 Å². The van der Waals surface area contributed by atoms with Gasteiger partial charge in [-0.25, -0.2) is 9.37 Å². The zero-order chi connectivity index (χ0) is 17.9. The molecule has 0 aliphatic carbocycles. The molecule has 0 radical (unpaired) electrons. The largest absolute Gasteiger partial charge is 0.369 e. The lowest BCUT2D eigenvalue weighted by molar-refractivity contribution is -0.117. The van der Waals surface area contributed by atoms with Gasteiger partial charge in [-0.05, 0) is 30.3 Å². The van der Waals surface area contributed by atoms with Crippen molar-refractivity contribution in [1.29, 1.82) is 0 Å². The maximum Gasteiger partial charge on any atom is 0.240 e. The predicted octanol–water partition coefficient (Wildman–Crippen LogP) is 3.20. The number of halogens is 1. The van der Waals surface area contributed by atoms with E-state index >= 15 is 0 Å². The van der Waals surface area contributed by atoms with Gasteiger partial charge in [0.25, 0.3) is 0 Å². The molecule has 0 bridgehead atoms. The van der Waals surface area contributed by atoms with Crippen LogP contribution in [0.25, 0.3) is 10.2 Å². The van der Waals surface area contributed by atoms with Gasteiger partial charge in [0.05, 0.1) is 16.8 Å².